The van der Waals surface area contributed by atoms with Gasteiger partial charge in [-0.1, -0.05) is 24.3 Å². The van der Waals surface area contributed by atoms with Gasteiger partial charge in [0.2, 0.25) is 11.7 Å². The number of benzene rings is 1. The molecule has 0 aliphatic heterocycles. The second-order valence-corrected chi connectivity index (χ2v) is 4.72. The third-order valence-electron chi connectivity index (χ3n) is 3.20. The molecule has 1 heterocycles. The number of hydrogen-bond acceptors (Lipinski definition) is 5. The summed E-state index contributed by atoms with van der Waals surface area (Å²) in [5.74, 6) is 0.0328. The van der Waals surface area contributed by atoms with Crippen molar-refractivity contribution in [2.24, 2.45) is 0 Å². The average Bonchev–Trinajstić information content (AvgIpc) is 2.49. The molecule has 1 aromatic heterocycles. The minimum Gasteiger partial charge on any atom is -0.373 e. The maximum absolute atomic E-state index is 12.1. The molecule has 2 rings (SSSR count). The molecule has 0 radical (unpaired) electrons. The summed E-state index contributed by atoms with van der Waals surface area (Å²) in [6, 6.07) is 10.3. The number of amides is 1. The lowest BCUT2D eigenvalue weighted by Crippen LogP contribution is -2.17. The monoisotopic (exact) mass is 300 g/mol. The van der Waals surface area contributed by atoms with Gasteiger partial charge in [0, 0.05) is 13.1 Å². The minimum absolute atomic E-state index is 0.0598. The van der Waals surface area contributed by atoms with Crippen LogP contribution in [0.25, 0.3) is 0 Å². The van der Waals surface area contributed by atoms with Crippen LogP contribution in [0, 0.1) is 17.0 Å². The van der Waals surface area contributed by atoms with Gasteiger partial charge in [-0.05, 0) is 24.1 Å². The Morgan fingerprint density at radius 1 is 1.27 bits per heavy atom. The highest BCUT2D eigenvalue weighted by molar-refractivity contribution is 5.93. The van der Waals surface area contributed by atoms with Gasteiger partial charge >= 0.3 is 5.69 Å². The van der Waals surface area contributed by atoms with E-state index in [-0.39, 0.29) is 23.8 Å². The summed E-state index contributed by atoms with van der Waals surface area (Å²) in [5, 5.41) is 16.3. The summed E-state index contributed by atoms with van der Waals surface area (Å²) in [4.78, 5) is 26.6. The number of hydrogen-bond donors (Lipinski definition) is 2. The molecular weight excluding hydrogens is 284 g/mol. The van der Waals surface area contributed by atoms with Gasteiger partial charge in [-0.3, -0.25) is 14.9 Å². The molecule has 2 N–H and O–H groups in total. The van der Waals surface area contributed by atoms with Crippen molar-refractivity contribution in [3.63, 3.8) is 0 Å². The zero-order valence-corrected chi connectivity index (χ0v) is 12.3. The molecule has 0 unspecified atom stereocenters. The first kappa shape index (κ1) is 15.4. The number of rotatable bonds is 5. The molecule has 1 aromatic carbocycles. The fourth-order valence-electron chi connectivity index (χ4n) is 1.99. The zero-order chi connectivity index (χ0) is 16.1. The number of carbonyl (C=O) groups excluding carboxylic acids is 1. The van der Waals surface area contributed by atoms with Crippen molar-refractivity contribution in [1.29, 1.82) is 0 Å². The van der Waals surface area contributed by atoms with Crippen molar-refractivity contribution in [2.45, 2.75) is 13.3 Å². The highest BCUT2D eigenvalue weighted by atomic mass is 16.6. The summed E-state index contributed by atoms with van der Waals surface area (Å²) in [5.41, 5.74) is 1.62. The Balaban J connectivity index is 2.20. The number of nitro groups is 1. The lowest BCUT2D eigenvalue weighted by molar-refractivity contribution is -0.384. The molecule has 0 spiro atoms. The molecule has 0 bridgehead atoms. The second kappa shape index (κ2) is 6.66. The second-order valence-electron chi connectivity index (χ2n) is 4.72. The van der Waals surface area contributed by atoms with E-state index in [0.29, 0.717) is 5.82 Å². The van der Waals surface area contributed by atoms with Crippen LogP contribution < -0.4 is 10.6 Å². The van der Waals surface area contributed by atoms with Gasteiger partial charge in [0.05, 0.1) is 11.3 Å². The van der Waals surface area contributed by atoms with Crippen LogP contribution in [-0.4, -0.2) is 22.9 Å². The van der Waals surface area contributed by atoms with Gasteiger partial charge in [0.1, 0.15) is 5.82 Å². The van der Waals surface area contributed by atoms with Crippen LogP contribution in [0.15, 0.2) is 36.4 Å². The largest absolute Gasteiger partial charge is 0.373 e. The SMILES string of the molecule is CNc1ccc([N+](=O)[O-])c(NC(=O)Cc2ccccc2C)n1. The Bertz CT molecular complexity index is 716. The van der Waals surface area contributed by atoms with E-state index in [9.17, 15) is 14.9 Å². The Labute approximate surface area is 127 Å². The van der Waals surface area contributed by atoms with Crippen LogP contribution in [0.3, 0.4) is 0 Å². The summed E-state index contributed by atoms with van der Waals surface area (Å²) < 4.78 is 0. The first-order chi connectivity index (χ1) is 10.5. The van der Waals surface area contributed by atoms with Gasteiger partial charge in [-0.25, -0.2) is 4.98 Å². The van der Waals surface area contributed by atoms with Crippen molar-refractivity contribution >= 4 is 23.2 Å². The van der Waals surface area contributed by atoms with Gasteiger partial charge in [0.25, 0.3) is 0 Å². The van der Waals surface area contributed by atoms with Crippen LogP contribution >= 0.6 is 0 Å². The van der Waals surface area contributed by atoms with Gasteiger partial charge < -0.3 is 10.6 Å². The van der Waals surface area contributed by atoms with Crippen LogP contribution in [0.4, 0.5) is 17.3 Å². The quantitative estimate of drug-likeness (QED) is 0.653. The molecule has 2 aromatic rings. The number of aromatic nitrogens is 1. The smallest absolute Gasteiger partial charge is 0.311 e. The standard InChI is InChI=1S/C15H16N4O3/c1-10-5-3-4-6-11(10)9-14(20)18-15-12(19(21)22)7-8-13(16-2)17-15/h3-8H,9H2,1-2H3,(H2,16,17,18,20). The predicted octanol–water partition coefficient (Wildman–Crippen LogP) is 2.52. The van der Waals surface area contributed by atoms with E-state index in [1.165, 1.54) is 12.1 Å². The van der Waals surface area contributed by atoms with Crippen LogP contribution in [-0.2, 0) is 11.2 Å². The molecule has 7 nitrogen and oxygen atoms in total. The summed E-state index contributed by atoms with van der Waals surface area (Å²) in [6.07, 6.45) is 0.134. The number of carbonyl (C=O) groups is 1. The number of pyridine rings is 1. The minimum atomic E-state index is -0.574. The highest BCUT2D eigenvalue weighted by Gasteiger charge is 2.18. The van der Waals surface area contributed by atoms with Crippen LogP contribution in [0.2, 0.25) is 0 Å². The molecule has 0 aliphatic rings. The molecule has 1 amide bonds. The predicted molar refractivity (Wildman–Crippen MR) is 84.0 cm³/mol. The molecule has 0 atom stereocenters. The Kier molecular flexibility index (Phi) is 4.67. The number of nitrogens with zero attached hydrogens (tertiary/aromatic N) is 2. The van der Waals surface area contributed by atoms with E-state index in [1.807, 2.05) is 31.2 Å². The molecule has 114 valence electrons. The molecule has 22 heavy (non-hydrogen) atoms. The zero-order valence-electron chi connectivity index (χ0n) is 12.3. The van der Waals surface area contributed by atoms with Crippen molar-refractivity contribution in [1.82, 2.24) is 4.98 Å². The van der Waals surface area contributed by atoms with E-state index in [1.54, 1.807) is 7.05 Å². The van der Waals surface area contributed by atoms with Crippen molar-refractivity contribution < 1.29 is 9.72 Å². The Morgan fingerprint density at radius 2 is 2.00 bits per heavy atom. The Morgan fingerprint density at radius 3 is 2.64 bits per heavy atom. The molecule has 7 heteroatoms. The normalized spacial score (nSPS) is 10.1. The lowest BCUT2D eigenvalue weighted by atomic mass is 10.1. The molecule has 0 aliphatic carbocycles. The summed E-state index contributed by atoms with van der Waals surface area (Å²) >= 11 is 0. The molecule has 0 fully saturated rings. The molecule has 0 saturated carbocycles. The fourth-order valence-corrected chi connectivity index (χ4v) is 1.99. The van der Waals surface area contributed by atoms with E-state index in [2.05, 4.69) is 15.6 Å². The van der Waals surface area contributed by atoms with E-state index >= 15 is 0 Å². The van der Waals surface area contributed by atoms with Gasteiger partial charge in [0.15, 0.2) is 0 Å². The van der Waals surface area contributed by atoms with E-state index in [0.717, 1.165) is 11.1 Å². The third-order valence-corrected chi connectivity index (χ3v) is 3.20. The average molecular weight is 300 g/mol. The Hall–Kier alpha value is -2.96. The third kappa shape index (κ3) is 3.57. The van der Waals surface area contributed by atoms with Crippen LogP contribution in [0.5, 0.6) is 0 Å². The number of anilines is 2. The van der Waals surface area contributed by atoms with E-state index < -0.39 is 4.92 Å². The topological polar surface area (TPSA) is 97.2 Å². The first-order valence-corrected chi connectivity index (χ1v) is 6.69. The summed E-state index contributed by atoms with van der Waals surface area (Å²) in [7, 11) is 1.65. The maximum Gasteiger partial charge on any atom is 0.311 e. The maximum atomic E-state index is 12.1. The van der Waals surface area contributed by atoms with Crippen molar-refractivity contribution in [3.05, 3.63) is 57.6 Å². The number of aryl methyl sites for hydroxylation is 1. The first-order valence-electron chi connectivity index (χ1n) is 6.69. The van der Waals surface area contributed by atoms with Gasteiger partial charge in [-0.15, -0.1) is 0 Å². The lowest BCUT2D eigenvalue weighted by Gasteiger charge is -2.08. The molecule has 0 saturated heterocycles. The molecular formula is C15H16N4O3. The van der Waals surface area contributed by atoms with Crippen molar-refractivity contribution in [2.75, 3.05) is 17.7 Å². The van der Waals surface area contributed by atoms with Gasteiger partial charge in [-0.2, -0.15) is 0 Å². The number of nitrogens with one attached hydrogen (secondary N) is 2. The highest BCUT2D eigenvalue weighted by Crippen LogP contribution is 2.24. The van der Waals surface area contributed by atoms with Crippen molar-refractivity contribution in [3.8, 4) is 0 Å². The fraction of sp³-hybridized carbons (Fsp3) is 0.200. The van der Waals surface area contributed by atoms with Crippen LogP contribution in [0.1, 0.15) is 11.1 Å². The summed E-state index contributed by atoms with van der Waals surface area (Å²) in [6.45, 7) is 1.91. The van der Waals surface area contributed by atoms with E-state index in [4.69, 9.17) is 0 Å².